The van der Waals surface area contributed by atoms with Crippen LogP contribution in [0, 0.1) is 0 Å². The molecule has 8 heteroatoms. The van der Waals surface area contributed by atoms with Gasteiger partial charge in [-0.25, -0.2) is 4.99 Å². The van der Waals surface area contributed by atoms with E-state index in [2.05, 4.69) is 50.3 Å². The summed E-state index contributed by atoms with van der Waals surface area (Å²) in [6, 6.07) is 5.05. The van der Waals surface area contributed by atoms with Gasteiger partial charge in [-0.15, -0.1) is 35.3 Å². The quantitative estimate of drug-likeness (QED) is 0.307. The van der Waals surface area contributed by atoms with Crippen molar-refractivity contribution in [2.45, 2.75) is 64.0 Å². The molecule has 0 unspecified atom stereocenters. The van der Waals surface area contributed by atoms with E-state index in [0.29, 0.717) is 12.1 Å². The van der Waals surface area contributed by atoms with E-state index in [-0.39, 0.29) is 36.4 Å². The normalized spacial score (nSPS) is 19.0. The minimum absolute atomic E-state index is 0. The number of halogens is 1. The lowest BCUT2D eigenvalue weighted by atomic mass is 9.95. The smallest absolute Gasteiger partial charge is 0.242 e. The van der Waals surface area contributed by atoms with E-state index < -0.39 is 0 Å². The predicted molar refractivity (Wildman–Crippen MR) is 129 cm³/mol. The summed E-state index contributed by atoms with van der Waals surface area (Å²) in [6.45, 7) is 5.15. The molecular formula is C20H34IN5OS. The van der Waals surface area contributed by atoms with E-state index in [1.165, 1.54) is 24.3 Å². The maximum atomic E-state index is 12.2. The third kappa shape index (κ3) is 7.42. The number of nitrogens with zero attached hydrogens (tertiary/aromatic N) is 2. The number of nitrogens with one attached hydrogen (secondary N) is 3. The summed E-state index contributed by atoms with van der Waals surface area (Å²) in [5, 5.41) is 13.4. The Bertz CT molecular complexity index is 596. The Balaban J connectivity index is 0.00000280. The Kier molecular flexibility index (Phi) is 10.4. The number of piperidine rings is 1. The Morgan fingerprint density at radius 3 is 2.50 bits per heavy atom. The molecular weight excluding hydrogens is 485 g/mol. The number of guanidine groups is 1. The van der Waals surface area contributed by atoms with Crippen molar-refractivity contribution < 1.29 is 4.79 Å². The maximum absolute atomic E-state index is 12.2. The number of amides is 1. The van der Waals surface area contributed by atoms with Crippen molar-refractivity contribution in [1.29, 1.82) is 0 Å². The van der Waals surface area contributed by atoms with Crippen LogP contribution >= 0.6 is 35.3 Å². The second kappa shape index (κ2) is 12.5. The first-order valence-electron chi connectivity index (χ1n) is 10.4. The molecule has 0 atom stereocenters. The van der Waals surface area contributed by atoms with Crippen LogP contribution in [0.25, 0.3) is 0 Å². The molecule has 1 amide bonds. The van der Waals surface area contributed by atoms with E-state index in [0.717, 1.165) is 51.3 Å². The van der Waals surface area contributed by atoms with Crippen LogP contribution < -0.4 is 20.9 Å². The summed E-state index contributed by atoms with van der Waals surface area (Å²) in [6.07, 6.45) is 8.12. The predicted octanol–water partition coefficient (Wildman–Crippen LogP) is 3.34. The van der Waals surface area contributed by atoms with Gasteiger partial charge in [0, 0.05) is 31.7 Å². The van der Waals surface area contributed by atoms with Gasteiger partial charge in [0.2, 0.25) is 5.91 Å². The largest absolute Gasteiger partial charge is 0.363 e. The van der Waals surface area contributed by atoms with Crippen LogP contribution in [0.5, 0.6) is 0 Å². The van der Waals surface area contributed by atoms with Crippen molar-refractivity contribution in [3.05, 3.63) is 17.5 Å². The lowest BCUT2D eigenvalue weighted by molar-refractivity contribution is -0.120. The van der Waals surface area contributed by atoms with Gasteiger partial charge in [-0.3, -0.25) is 4.79 Å². The molecule has 1 saturated carbocycles. The van der Waals surface area contributed by atoms with E-state index in [1.807, 2.05) is 0 Å². The highest BCUT2D eigenvalue weighted by Crippen LogP contribution is 2.24. The monoisotopic (exact) mass is 519 g/mol. The highest BCUT2D eigenvalue weighted by Gasteiger charge is 2.21. The van der Waals surface area contributed by atoms with Crippen LogP contribution in [0.1, 0.15) is 51.9 Å². The minimum atomic E-state index is 0. The molecule has 0 bridgehead atoms. The zero-order valence-electron chi connectivity index (χ0n) is 16.8. The van der Waals surface area contributed by atoms with Crippen LogP contribution in [0.2, 0.25) is 0 Å². The molecule has 2 aliphatic rings. The number of aliphatic imine (C=N–C) groups is 1. The van der Waals surface area contributed by atoms with Gasteiger partial charge in [0.15, 0.2) is 5.96 Å². The Morgan fingerprint density at radius 2 is 1.86 bits per heavy atom. The third-order valence-corrected chi connectivity index (χ3v) is 6.28. The Labute approximate surface area is 190 Å². The van der Waals surface area contributed by atoms with E-state index >= 15 is 0 Å². The number of hydrogen-bond donors (Lipinski definition) is 3. The zero-order chi connectivity index (χ0) is 18.9. The van der Waals surface area contributed by atoms with Gasteiger partial charge in [0.05, 0.1) is 5.00 Å². The van der Waals surface area contributed by atoms with Gasteiger partial charge in [-0.1, -0.05) is 19.3 Å². The molecule has 2 fully saturated rings. The fraction of sp³-hybridized carbons (Fsp3) is 0.700. The lowest BCUT2D eigenvalue weighted by Crippen LogP contribution is -2.49. The average Bonchev–Trinajstić information content (AvgIpc) is 3.22. The number of carbonyl (C=O) groups is 1. The molecule has 1 aromatic heterocycles. The first-order valence-corrected chi connectivity index (χ1v) is 11.2. The topological polar surface area (TPSA) is 68.8 Å². The minimum Gasteiger partial charge on any atom is -0.363 e. The number of thiophene rings is 1. The van der Waals surface area contributed by atoms with Crippen molar-refractivity contribution in [3.8, 4) is 0 Å². The molecule has 6 nitrogen and oxygen atoms in total. The summed E-state index contributed by atoms with van der Waals surface area (Å²) >= 11 is 1.80. The molecule has 1 aromatic rings. The first-order chi connectivity index (χ1) is 13.2. The summed E-state index contributed by atoms with van der Waals surface area (Å²) in [4.78, 5) is 19.2. The fourth-order valence-electron chi connectivity index (χ4n) is 3.88. The standard InChI is InChI=1S/C20H33N5OS.HI/c1-2-21-20(22-15-18(26)23-16-7-4-3-5-8-16)24-17-10-12-25(13-11-17)19-9-6-14-27-19;/h6,9,14,16-17H,2-5,7-8,10-13,15H2,1H3,(H,23,26)(H2,21,22,24);1H. The van der Waals surface area contributed by atoms with Gasteiger partial charge in [-0.05, 0) is 50.1 Å². The summed E-state index contributed by atoms with van der Waals surface area (Å²) in [5.41, 5.74) is 0. The summed E-state index contributed by atoms with van der Waals surface area (Å²) in [7, 11) is 0. The van der Waals surface area contributed by atoms with Crippen LogP contribution in [0.15, 0.2) is 22.5 Å². The van der Waals surface area contributed by atoms with Crippen molar-refractivity contribution >= 4 is 52.2 Å². The molecule has 158 valence electrons. The molecule has 1 aliphatic heterocycles. The molecule has 0 aromatic carbocycles. The molecule has 3 rings (SSSR count). The van der Waals surface area contributed by atoms with Crippen molar-refractivity contribution in [2.24, 2.45) is 4.99 Å². The molecule has 2 heterocycles. The lowest BCUT2D eigenvalue weighted by Gasteiger charge is -2.33. The summed E-state index contributed by atoms with van der Waals surface area (Å²) in [5.74, 6) is 0.789. The molecule has 1 saturated heterocycles. The van der Waals surface area contributed by atoms with Crippen molar-refractivity contribution in [1.82, 2.24) is 16.0 Å². The molecule has 3 N–H and O–H groups in total. The summed E-state index contributed by atoms with van der Waals surface area (Å²) < 4.78 is 0. The zero-order valence-corrected chi connectivity index (χ0v) is 19.9. The van der Waals surface area contributed by atoms with Gasteiger partial charge in [0.1, 0.15) is 6.54 Å². The number of rotatable bonds is 6. The molecule has 0 radical (unpaired) electrons. The molecule has 0 spiro atoms. The van der Waals surface area contributed by atoms with Crippen LogP contribution in [0.4, 0.5) is 5.00 Å². The number of carbonyl (C=O) groups excluding carboxylic acids is 1. The third-order valence-electron chi connectivity index (χ3n) is 5.35. The first kappa shape index (κ1) is 23.3. The van der Waals surface area contributed by atoms with Gasteiger partial charge >= 0.3 is 0 Å². The van der Waals surface area contributed by atoms with E-state index in [1.54, 1.807) is 11.3 Å². The SMILES string of the molecule is CCNC(=NCC(=O)NC1CCCCC1)NC1CCN(c2cccs2)CC1.I. The van der Waals surface area contributed by atoms with Crippen LogP contribution in [-0.4, -0.2) is 50.1 Å². The average molecular weight is 519 g/mol. The van der Waals surface area contributed by atoms with E-state index in [4.69, 9.17) is 0 Å². The van der Waals surface area contributed by atoms with E-state index in [9.17, 15) is 4.79 Å². The van der Waals surface area contributed by atoms with Gasteiger partial charge in [0.25, 0.3) is 0 Å². The Morgan fingerprint density at radius 1 is 1.14 bits per heavy atom. The van der Waals surface area contributed by atoms with Gasteiger partial charge < -0.3 is 20.9 Å². The highest BCUT2D eigenvalue weighted by molar-refractivity contribution is 14.0. The number of hydrogen-bond acceptors (Lipinski definition) is 4. The fourth-order valence-corrected chi connectivity index (χ4v) is 4.66. The highest BCUT2D eigenvalue weighted by atomic mass is 127. The molecule has 1 aliphatic carbocycles. The second-order valence-electron chi connectivity index (χ2n) is 7.45. The van der Waals surface area contributed by atoms with Gasteiger partial charge in [-0.2, -0.15) is 0 Å². The number of anilines is 1. The van der Waals surface area contributed by atoms with Crippen molar-refractivity contribution in [2.75, 3.05) is 31.1 Å². The second-order valence-corrected chi connectivity index (χ2v) is 8.38. The van der Waals surface area contributed by atoms with Crippen LogP contribution in [0.3, 0.4) is 0 Å². The van der Waals surface area contributed by atoms with Crippen molar-refractivity contribution in [3.63, 3.8) is 0 Å². The maximum Gasteiger partial charge on any atom is 0.242 e. The van der Waals surface area contributed by atoms with Crippen LogP contribution in [-0.2, 0) is 4.79 Å². The Hall–Kier alpha value is -1.03. The molecule has 28 heavy (non-hydrogen) atoms.